The largest absolute Gasteiger partial charge is 0.493 e. The highest BCUT2D eigenvalue weighted by atomic mass is 32.2. The number of aromatic nitrogens is 1. The van der Waals surface area contributed by atoms with Gasteiger partial charge in [0.15, 0.2) is 16.3 Å². The monoisotopic (exact) mass is 519 g/mol. The Labute approximate surface area is 208 Å². The Bertz CT molecular complexity index is 1400. The number of carbonyl (C=O) groups is 1. The molecule has 188 valence electrons. The second kappa shape index (κ2) is 10.1. The van der Waals surface area contributed by atoms with Gasteiger partial charge in [-0.3, -0.25) is 4.79 Å². The molecule has 1 aromatic heterocycles. The van der Waals surface area contributed by atoms with Gasteiger partial charge in [0.1, 0.15) is 0 Å². The summed E-state index contributed by atoms with van der Waals surface area (Å²) in [4.78, 5) is 18.0. The van der Waals surface area contributed by atoms with Crippen molar-refractivity contribution in [1.82, 2.24) is 8.87 Å². The highest BCUT2D eigenvalue weighted by Gasteiger charge is 2.32. The highest BCUT2D eigenvalue weighted by Crippen LogP contribution is 2.33. The summed E-state index contributed by atoms with van der Waals surface area (Å²) in [6.45, 7) is 6.87. The van der Waals surface area contributed by atoms with Gasteiger partial charge in [-0.05, 0) is 45.0 Å². The van der Waals surface area contributed by atoms with Crippen LogP contribution in [0.1, 0.15) is 31.1 Å². The summed E-state index contributed by atoms with van der Waals surface area (Å²) >= 11 is 1.37. The van der Waals surface area contributed by atoms with Gasteiger partial charge in [-0.1, -0.05) is 11.3 Å². The molecule has 1 fully saturated rings. The van der Waals surface area contributed by atoms with Crippen LogP contribution in [0.4, 0.5) is 0 Å². The number of benzene rings is 2. The SMILES string of the molecule is CCn1c(=NC(=O)c2ccc(S(=O)(=O)N3CC(C)OC(C)C3)cc2)sc2cc(OC)c(OC)cc21. The summed E-state index contributed by atoms with van der Waals surface area (Å²) in [6, 6.07) is 9.64. The number of nitrogens with zero attached hydrogens (tertiary/aromatic N) is 3. The number of thiazole rings is 1. The molecule has 4 rings (SSSR count). The van der Waals surface area contributed by atoms with Crippen molar-refractivity contribution in [3.63, 3.8) is 0 Å². The summed E-state index contributed by atoms with van der Waals surface area (Å²) in [6.07, 6.45) is -0.362. The van der Waals surface area contributed by atoms with E-state index in [0.29, 0.717) is 41.5 Å². The average Bonchev–Trinajstić information content (AvgIpc) is 3.18. The number of rotatable bonds is 6. The Balaban J connectivity index is 1.65. The van der Waals surface area contributed by atoms with Crippen LogP contribution in [0.15, 0.2) is 46.3 Å². The van der Waals surface area contributed by atoms with Gasteiger partial charge in [0.05, 0.1) is 41.5 Å². The number of ether oxygens (including phenoxy) is 3. The molecular weight excluding hydrogens is 490 g/mol. The van der Waals surface area contributed by atoms with E-state index in [1.54, 1.807) is 14.2 Å². The van der Waals surface area contributed by atoms with Crippen molar-refractivity contribution < 1.29 is 27.4 Å². The van der Waals surface area contributed by atoms with Crippen LogP contribution in [-0.4, -0.2) is 62.7 Å². The van der Waals surface area contributed by atoms with Gasteiger partial charge >= 0.3 is 0 Å². The molecule has 1 saturated heterocycles. The molecular formula is C24H29N3O6S2. The number of sulfonamides is 1. The third-order valence-corrected chi connectivity index (χ3v) is 8.71. The molecule has 1 aliphatic heterocycles. The van der Waals surface area contributed by atoms with Gasteiger partial charge in [-0.25, -0.2) is 8.42 Å². The third kappa shape index (κ3) is 4.99. The summed E-state index contributed by atoms with van der Waals surface area (Å²) in [5.41, 5.74) is 1.19. The lowest BCUT2D eigenvalue weighted by atomic mass is 10.2. The normalized spacial score (nSPS) is 19.7. The molecule has 2 atom stereocenters. The first-order chi connectivity index (χ1) is 16.7. The van der Waals surface area contributed by atoms with E-state index >= 15 is 0 Å². The summed E-state index contributed by atoms with van der Waals surface area (Å²) in [7, 11) is -0.537. The zero-order valence-electron chi connectivity index (χ0n) is 20.3. The molecule has 0 N–H and O–H groups in total. The lowest BCUT2D eigenvalue weighted by Crippen LogP contribution is -2.48. The molecule has 1 amide bonds. The van der Waals surface area contributed by atoms with Crippen LogP contribution >= 0.6 is 11.3 Å². The average molecular weight is 520 g/mol. The molecule has 11 heteroatoms. The van der Waals surface area contributed by atoms with Crippen LogP contribution in [0.5, 0.6) is 11.5 Å². The molecule has 0 saturated carbocycles. The predicted molar refractivity (Wildman–Crippen MR) is 134 cm³/mol. The Kier molecular flexibility index (Phi) is 7.32. The lowest BCUT2D eigenvalue weighted by molar-refractivity contribution is -0.0440. The van der Waals surface area contributed by atoms with Gasteiger partial charge in [0, 0.05) is 37.3 Å². The first-order valence-electron chi connectivity index (χ1n) is 11.3. The molecule has 2 unspecified atom stereocenters. The smallest absolute Gasteiger partial charge is 0.279 e. The zero-order valence-corrected chi connectivity index (χ0v) is 22.0. The van der Waals surface area contributed by atoms with Crippen molar-refractivity contribution in [2.45, 2.75) is 44.4 Å². The van der Waals surface area contributed by atoms with Crippen LogP contribution in [0, 0.1) is 0 Å². The molecule has 0 radical (unpaired) electrons. The molecule has 2 heterocycles. The standard InChI is InChI=1S/C24H29N3O6S2/c1-6-27-19-11-20(31-4)21(32-5)12-22(19)34-24(27)25-23(28)17-7-9-18(10-8-17)35(29,30)26-13-15(2)33-16(3)14-26/h7-12,15-16H,6,13-14H2,1-5H3. The summed E-state index contributed by atoms with van der Waals surface area (Å²) < 4.78 is 46.9. The van der Waals surface area contributed by atoms with E-state index in [2.05, 4.69) is 4.99 Å². The molecule has 2 aromatic carbocycles. The van der Waals surface area contributed by atoms with Crippen molar-refractivity contribution >= 4 is 37.5 Å². The van der Waals surface area contributed by atoms with Crippen LogP contribution in [-0.2, 0) is 21.3 Å². The fraction of sp³-hybridized carbons (Fsp3) is 0.417. The molecule has 1 aliphatic rings. The maximum Gasteiger partial charge on any atom is 0.279 e. The zero-order chi connectivity index (χ0) is 25.3. The minimum atomic E-state index is -3.68. The first-order valence-corrected chi connectivity index (χ1v) is 13.5. The number of amides is 1. The molecule has 0 aliphatic carbocycles. The van der Waals surface area contributed by atoms with E-state index in [0.717, 1.165) is 10.2 Å². The van der Waals surface area contributed by atoms with E-state index in [9.17, 15) is 13.2 Å². The molecule has 9 nitrogen and oxygen atoms in total. The fourth-order valence-corrected chi connectivity index (χ4v) is 6.88. The van der Waals surface area contributed by atoms with Gasteiger partial charge < -0.3 is 18.8 Å². The third-order valence-electron chi connectivity index (χ3n) is 5.83. The number of fused-ring (bicyclic) bond motifs is 1. The number of hydrogen-bond donors (Lipinski definition) is 0. The van der Waals surface area contributed by atoms with E-state index in [4.69, 9.17) is 14.2 Å². The quantitative estimate of drug-likeness (QED) is 0.496. The van der Waals surface area contributed by atoms with Crippen molar-refractivity contribution in [3.05, 3.63) is 46.8 Å². The topological polar surface area (TPSA) is 99.4 Å². The van der Waals surface area contributed by atoms with Gasteiger partial charge in [-0.15, -0.1) is 0 Å². The molecule has 3 aromatic rings. The molecule has 0 bridgehead atoms. The van der Waals surface area contributed by atoms with Crippen molar-refractivity contribution in [1.29, 1.82) is 0 Å². The van der Waals surface area contributed by atoms with Crippen LogP contribution in [0.3, 0.4) is 0 Å². The first kappa shape index (κ1) is 25.4. The minimum Gasteiger partial charge on any atom is -0.493 e. The van der Waals surface area contributed by atoms with Crippen LogP contribution in [0.2, 0.25) is 0 Å². The predicted octanol–water partition coefficient (Wildman–Crippen LogP) is 3.28. The van der Waals surface area contributed by atoms with Crippen molar-refractivity contribution in [2.75, 3.05) is 27.3 Å². The van der Waals surface area contributed by atoms with Gasteiger partial charge in [0.25, 0.3) is 5.91 Å². The molecule has 35 heavy (non-hydrogen) atoms. The van der Waals surface area contributed by atoms with Crippen molar-refractivity contribution in [3.8, 4) is 11.5 Å². The van der Waals surface area contributed by atoms with Crippen LogP contribution in [0.25, 0.3) is 10.2 Å². The number of carbonyl (C=O) groups excluding carboxylic acids is 1. The van der Waals surface area contributed by atoms with Crippen molar-refractivity contribution in [2.24, 2.45) is 4.99 Å². The fourth-order valence-electron chi connectivity index (χ4n) is 4.18. The Morgan fingerprint density at radius 1 is 1.09 bits per heavy atom. The maximum absolute atomic E-state index is 13.1. The van der Waals surface area contributed by atoms with E-state index in [-0.39, 0.29) is 17.1 Å². The Morgan fingerprint density at radius 3 is 2.26 bits per heavy atom. The summed E-state index contributed by atoms with van der Waals surface area (Å²) in [5, 5.41) is 0. The number of morpholine rings is 1. The highest BCUT2D eigenvalue weighted by molar-refractivity contribution is 7.89. The second-order valence-corrected chi connectivity index (χ2v) is 11.3. The number of hydrogen-bond acceptors (Lipinski definition) is 7. The van der Waals surface area contributed by atoms with E-state index in [1.165, 1.54) is 39.9 Å². The second-order valence-electron chi connectivity index (χ2n) is 8.32. The van der Waals surface area contributed by atoms with E-state index < -0.39 is 15.9 Å². The Morgan fingerprint density at radius 2 is 1.69 bits per heavy atom. The number of methoxy groups -OCH3 is 2. The Hall–Kier alpha value is -2.73. The van der Waals surface area contributed by atoms with Gasteiger partial charge in [0.2, 0.25) is 10.0 Å². The number of aryl methyl sites for hydroxylation is 1. The lowest BCUT2D eigenvalue weighted by Gasteiger charge is -2.34. The molecule has 0 spiro atoms. The van der Waals surface area contributed by atoms with Crippen LogP contribution < -0.4 is 14.3 Å². The minimum absolute atomic E-state index is 0.139. The maximum atomic E-state index is 13.1. The van der Waals surface area contributed by atoms with E-state index in [1.807, 2.05) is 37.5 Å². The summed E-state index contributed by atoms with van der Waals surface area (Å²) in [5.74, 6) is 0.747. The van der Waals surface area contributed by atoms with Gasteiger partial charge in [-0.2, -0.15) is 9.30 Å².